The highest BCUT2D eigenvalue weighted by molar-refractivity contribution is 5.95. The minimum Gasteiger partial charge on any atom is -0.469 e. The Morgan fingerprint density at radius 2 is 2.20 bits per heavy atom. The lowest BCUT2D eigenvalue weighted by molar-refractivity contribution is 0.0529. The highest BCUT2D eigenvalue weighted by Crippen LogP contribution is 2.44. The second kappa shape index (κ2) is 6.76. The number of rotatable bonds is 6. The molecular weight excluding hydrogens is 316 g/mol. The summed E-state index contributed by atoms with van der Waals surface area (Å²) >= 11 is 0. The van der Waals surface area contributed by atoms with Gasteiger partial charge in [-0.05, 0) is 44.7 Å². The first-order valence-electron chi connectivity index (χ1n) is 9.75. The number of hydrogen-bond donors (Lipinski definition) is 0. The molecule has 1 spiro atoms. The number of furan rings is 1. The summed E-state index contributed by atoms with van der Waals surface area (Å²) in [4.78, 5) is 17.4. The van der Waals surface area contributed by atoms with Crippen LogP contribution in [0.15, 0.2) is 16.7 Å². The molecule has 5 nitrogen and oxygen atoms in total. The van der Waals surface area contributed by atoms with Gasteiger partial charge in [-0.1, -0.05) is 6.92 Å². The van der Waals surface area contributed by atoms with Gasteiger partial charge in [0.1, 0.15) is 5.76 Å². The Labute approximate surface area is 150 Å². The van der Waals surface area contributed by atoms with Crippen molar-refractivity contribution in [1.29, 1.82) is 0 Å². The topological polar surface area (TPSA) is 45.9 Å². The molecule has 1 aromatic rings. The molecule has 0 N–H and O–H groups in total. The lowest BCUT2D eigenvalue weighted by atomic mass is 9.77. The number of nitrogens with zero attached hydrogens (tertiary/aromatic N) is 2. The predicted octanol–water partition coefficient (Wildman–Crippen LogP) is 2.80. The fraction of sp³-hybridized carbons (Fsp3) is 0.750. The van der Waals surface area contributed by atoms with Crippen molar-refractivity contribution in [2.45, 2.75) is 33.1 Å². The number of ether oxygens (including phenoxy) is 1. The molecule has 3 fully saturated rings. The van der Waals surface area contributed by atoms with Crippen LogP contribution in [0.4, 0.5) is 0 Å². The molecule has 25 heavy (non-hydrogen) atoms. The monoisotopic (exact) mass is 346 g/mol. The van der Waals surface area contributed by atoms with E-state index in [9.17, 15) is 4.79 Å². The van der Waals surface area contributed by atoms with Crippen LogP contribution in [-0.2, 0) is 4.74 Å². The van der Waals surface area contributed by atoms with Gasteiger partial charge in [-0.25, -0.2) is 0 Å². The van der Waals surface area contributed by atoms with Crippen molar-refractivity contribution in [3.05, 3.63) is 23.7 Å². The molecule has 1 aromatic heterocycles. The highest BCUT2D eigenvalue weighted by Gasteiger charge is 2.51. The summed E-state index contributed by atoms with van der Waals surface area (Å²) in [5.74, 6) is 2.19. The van der Waals surface area contributed by atoms with Crippen LogP contribution in [0.3, 0.4) is 0 Å². The SMILES string of the molecule is CCN1C[C@H](COCC2CC2)[C@@]2(CCN(C(=O)c3ccoc3C)C2)C1. The standard InChI is InChI=1S/C20H30N2O3/c1-3-21-10-17(12-24-11-16-4-5-16)20(13-21)7-8-22(14-20)19(23)18-6-9-25-15(18)2/h6,9,16-17H,3-5,7-8,10-14H2,1-2H3/t17-,20+/m1/s1. The van der Waals surface area contributed by atoms with E-state index in [0.29, 0.717) is 11.5 Å². The number of hydrogen-bond acceptors (Lipinski definition) is 4. The molecule has 4 rings (SSSR count). The van der Waals surface area contributed by atoms with Crippen LogP contribution in [0.5, 0.6) is 0 Å². The minimum atomic E-state index is 0.121. The first kappa shape index (κ1) is 17.1. The third kappa shape index (κ3) is 3.36. The zero-order valence-electron chi connectivity index (χ0n) is 15.5. The van der Waals surface area contributed by atoms with E-state index in [2.05, 4.69) is 11.8 Å². The van der Waals surface area contributed by atoms with Crippen LogP contribution < -0.4 is 0 Å². The maximum Gasteiger partial charge on any atom is 0.257 e. The molecule has 2 saturated heterocycles. The van der Waals surface area contributed by atoms with E-state index in [0.717, 1.165) is 64.0 Å². The minimum absolute atomic E-state index is 0.121. The predicted molar refractivity (Wildman–Crippen MR) is 95.5 cm³/mol. The van der Waals surface area contributed by atoms with Gasteiger partial charge in [0, 0.05) is 44.1 Å². The van der Waals surface area contributed by atoms with Gasteiger partial charge in [-0.2, -0.15) is 0 Å². The largest absolute Gasteiger partial charge is 0.469 e. The fourth-order valence-corrected chi connectivity index (χ4v) is 4.58. The first-order chi connectivity index (χ1) is 12.1. The van der Waals surface area contributed by atoms with Crippen LogP contribution in [0.1, 0.15) is 42.3 Å². The quantitative estimate of drug-likeness (QED) is 0.795. The molecule has 3 heterocycles. The molecule has 1 saturated carbocycles. The Morgan fingerprint density at radius 3 is 2.88 bits per heavy atom. The summed E-state index contributed by atoms with van der Waals surface area (Å²) in [6.07, 6.45) is 5.37. The average Bonchev–Trinajstić information content (AvgIpc) is 3.03. The molecule has 0 bridgehead atoms. The van der Waals surface area contributed by atoms with Gasteiger partial charge in [0.15, 0.2) is 0 Å². The van der Waals surface area contributed by atoms with Gasteiger partial charge in [0.05, 0.1) is 18.4 Å². The molecule has 5 heteroatoms. The van der Waals surface area contributed by atoms with E-state index in [1.165, 1.54) is 12.8 Å². The van der Waals surface area contributed by atoms with Crippen LogP contribution in [0.25, 0.3) is 0 Å². The maximum atomic E-state index is 12.9. The molecular formula is C20H30N2O3. The van der Waals surface area contributed by atoms with Crippen molar-refractivity contribution >= 4 is 5.91 Å². The number of carbonyl (C=O) groups excluding carboxylic acids is 1. The van der Waals surface area contributed by atoms with Gasteiger partial charge >= 0.3 is 0 Å². The van der Waals surface area contributed by atoms with Gasteiger partial charge in [0.25, 0.3) is 5.91 Å². The molecule has 2 aliphatic heterocycles. The van der Waals surface area contributed by atoms with Gasteiger partial charge < -0.3 is 19.0 Å². The maximum absolute atomic E-state index is 12.9. The Balaban J connectivity index is 1.43. The van der Waals surface area contributed by atoms with Gasteiger partial charge in [-0.15, -0.1) is 0 Å². The molecule has 0 unspecified atom stereocenters. The Bertz CT molecular complexity index is 624. The molecule has 0 aromatic carbocycles. The van der Waals surface area contributed by atoms with Gasteiger partial charge in [-0.3, -0.25) is 4.79 Å². The number of aryl methyl sites for hydroxylation is 1. The number of amides is 1. The fourth-order valence-electron chi connectivity index (χ4n) is 4.58. The molecule has 3 aliphatic rings. The molecule has 138 valence electrons. The summed E-state index contributed by atoms with van der Waals surface area (Å²) in [6.45, 7) is 10.8. The van der Waals surface area contributed by atoms with E-state index >= 15 is 0 Å². The van der Waals surface area contributed by atoms with Crippen molar-refractivity contribution in [3.8, 4) is 0 Å². The van der Waals surface area contributed by atoms with Crippen molar-refractivity contribution in [2.75, 3.05) is 45.9 Å². The second-order valence-electron chi connectivity index (χ2n) is 8.24. The van der Waals surface area contributed by atoms with Gasteiger partial charge in [0.2, 0.25) is 0 Å². The molecule has 2 atom stereocenters. The smallest absolute Gasteiger partial charge is 0.257 e. The van der Waals surface area contributed by atoms with E-state index in [1.807, 2.05) is 11.8 Å². The summed E-state index contributed by atoms with van der Waals surface area (Å²) in [5.41, 5.74) is 0.913. The van der Waals surface area contributed by atoms with E-state index in [4.69, 9.17) is 9.15 Å². The third-order valence-electron chi connectivity index (χ3n) is 6.46. The van der Waals surface area contributed by atoms with Crippen LogP contribution in [-0.4, -0.2) is 61.6 Å². The number of carbonyl (C=O) groups is 1. The Kier molecular flexibility index (Phi) is 4.63. The summed E-state index contributed by atoms with van der Waals surface area (Å²) in [5, 5.41) is 0. The first-order valence-corrected chi connectivity index (χ1v) is 9.75. The Morgan fingerprint density at radius 1 is 1.36 bits per heavy atom. The number of likely N-dealkylation sites (tertiary alicyclic amines) is 2. The van der Waals surface area contributed by atoms with Crippen molar-refractivity contribution in [3.63, 3.8) is 0 Å². The van der Waals surface area contributed by atoms with Crippen molar-refractivity contribution in [1.82, 2.24) is 9.80 Å². The summed E-state index contributed by atoms with van der Waals surface area (Å²) in [6, 6.07) is 1.80. The lowest BCUT2D eigenvalue weighted by Gasteiger charge is -2.30. The van der Waals surface area contributed by atoms with Crippen LogP contribution in [0, 0.1) is 24.2 Å². The molecule has 1 amide bonds. The van der Waals surface area contributed by atoms with Crippen LogP contribution >= 0.6 is 0 Å². The summed E-state index contributed by atoms with van der Waals surface area (Å²) in [7, 11) is 0. The molecule has 1 aliphatic carbocycles. The lowest BCUT2D eigenvalue weighted by Crippen LogP contribution is -2.38. The Hall–Kier alpha value is -1.33. The zero-order valence-corrected chi connectivity index (χ0v) is 15.5. The van der Waals surface area contributed by atoms with Crippen LogP contribution in [0.2, 0.25) is 0 Å². The third-order valence-corrected chi connectivity index (χ3v) is 6.46. The van der Waals surface area contributed by atoms with E-state index < -0.39 is 0 Å². The average molecular weight is 346 g/mol. The van der Waals surface area contributed by atoms with Crippen molar-refractivity contribution in [2.24, 2.45) is 17.3 Å². The zero-order chi connectivity index (χ0) is 17.4. The van der Waals surface area contributed by atoms with Crippen molar-refractivity contribution < 1.29 is 13.9 Å². The normalized spacial score (nSPS) is 29.8. The van der Waals surface area contributed by atoms with E-state index in [1.54, 1.807) is 12.3 Å². The second-order valence-corrected chi connectivity index (χ2v) is 8.24. The molecule has 0 radical (unpaired) electrons. The highest BCUT2D eigenvalue weighted by atomic mass is 16.5. The van der Waals surface area contributed by atoms with E-state index in [-0.39, 0.29) is 11.3 Å². The summed E-state index contributed by atoms with van der Waals surface area (Å²) < 4.78 is 11.4.